The van der Waals surface area contributed by atoms with Crippen LogP contribution in [0.4, 0.5) is 5.95 Å². The van der Waals surface area contributed by atoms with E-state index < -0.39 is 0 Å². The minimum absolute atomic E-state index is 0.111. The fourth-order valence-electron chi connectivity index (χ4n) is 3.77. The number of hydrogen-bond donors (Lipinski definition) is 0. The number of pyridine rings is 1. The number of piperidine rings is 1. The molecule has 6 heteroatoms. The number of rotatable bonds is 3. The average Bonchev–Trinajstić information content (AvgIpc) is 2.56. The third kappa shape index (κ3) is 2.58. The molecule has 0 aromatic carbocycles. The van der Waals surface area contributed by atoms with Crippen molar-refractivity contribution in [2.45, 2.75) is 25.8 Å². The Hall–Kier alpha value is -2.37. The third-order valence-corrected chi connectivity index (χ3v) is 4.67. The van der Waals surface area contributed by atoms with Crippen molar-refractivity contribution in [1.82, 2.24) is 14.5 Å². The summed E-state index contributed by atoms with van der Waals surface area (Å²) in [6.45, 7) is 5.05. The Morgan fingerprint density at radius 2 is 2.17 bits per heavy atom. The summed E-state index contributed by atoms with van der Waals surface area (Å²) in [6, 6.07) is 7.37. The molecule has 0 N–H and O–H groups in total. The maximum Gasteiger partial charge on any atom is 0.250 e. The summed E-state index contributed by atoms with van der Waals surface area (Å²) in [7, 11) is 0. The number of anilines is 1. The van der Waals surface area contributed by atoms with Gasteiger partial charge in [0.25, 0.3) is 5.56 Å². The van der Waals surface area contributed by atoms with E-state index in [1.807, 2.05) is 17.6 Å². The predicted octanol–water partition coefficient (Wildman–Crippen LogP) is 1.66. The highest BCUT2D eigenvalue weighted by atomic mass is 16.5. The van der Waals surface area contributed by atoms with Crippen molar-refractivity contribution in [2.24, 2.45) is 5.92 Å². The molecule has 2 aromatic heterocycles. The van der Waals surface area contributed by atoms with Gasteiger partial charge in [0.1, 0.15) is 0 Å². The Balaban J connectivity index is 1.63. The van der Waals surface area contributed by atoms with Gasteiger partial charge in [0, 0.05) is 49.6 Å². The van der Waals surface area contributed by atoms with Gasteiger partial charge in [-0.05, 0) is 25.3 Å². The first-order valence-corrected chi connectivity index (χ1v) is 8.15. The average molecular weight is 312 g/mol. The lowest BCUT2D eigenvalue weighted by molar-refractivity contribution is 0.278. The van der Waals surface area contributed by atoms with Gasteiger partial charge in [-0.3, -0.25) is 4.79 Å². The molecule has 2 atom stereocenters. The molecule has 2 aliphatic rings. The van der Waals surface area contributed by atoms with Crippen LogP contribution >= 0.6 is 0 Å². The van der Waals surface area contributed by atoms with E-state index in [1.165, 1.54) is 0 Å². The molecule has 0 unspecified atom stereocenters. The summed E-state index contributed by atoms with van der Waals surface area (Å²) >= 11 is 0. The lowest BCUT2D eigenvalue weighted by Gasteiger charge is -2.42. The predicted molar refractivity (Wildman–Crippen MR) is 87.0 cm³/mol. The van der Waals surface area contributed by atoms with Crippen LogP contribution in [0.5, 0.6) is 5.88 Å². The Morgan fingerprint density at radius 1 is 1.26 bits per heavy atom. The molecule has 23 heavy (non-hydrogen) atoms. The highest BCUT2D eigenvalue weighted by Crippen LogP contribution is 2.36. The molecular formula is C17H20N4O2. The topological polar surface area (TPSA) is 60.2 Å². The zero-order valence-corrected chi connectivity index (χ0v) is 13.2. The van der Waals surface area contributed by atoms with Crippen LogP contribution in [0.25, 0.3) is 0 Å². The first-order chi connectivity index (χ1) is 11.2. The van der Waals surface area contributed by atoms with Crippen molar-refractivity contribution in [2.75, 3.05) is 24.6 Å². The maximum atomic E-state index is 12.1. The van der Waals surface area contributed by atoms with Crippen LogP contribution in [-0.2, 0) is 6.54 Å². The molecule has 0 amide bonds. The second-order valence-corrected chi connectivity index (χ2v) is 6.23. The molecule has 120 valence electrons. The summed E-state index contributed by atoms with van der Waals surface area (Å²) in [5.74, 6) is 2.15. The van der Waals surface area contributed by atoms with Crippen molar-refractivity contribution in [3.8, 4) is 5.88 Å². The Labute approximate surface area is 134 Å². The van der Waals surface area contributed by atoms with Crippen LogP contribution in [-0.4, -0.2) is 34.2 Å². The van der Waals surface area contributed by atoms with Gasteiger partial charge in [-0.15, -0.1) is 0 Å². The van der Waals surface area contributed by atoms with Crippen molar-refractivity contribution < 1.29 is 4.74 Å². The van der Waals surface area contributed by atoms with Crippen LogP contribution in [0, 0.1) is 5.92 Å². The van der Waals surface area contributed by atoms with Crippen molar-refractivity contribution >= 4 is 5.95 Å². The largest absolute Gasteiger partial charge is 0.478 e. The molecule has 6 nitrogen and oxygen atoms in total. The molecule has 2 bridgehead atoms. The number of ether oxygens (including phenoxy) is 1. The molecule has 4 heterocycles. The number of hydrogen-bond acceptors (Lipinski definition) is 5. The van der Waals surface area contributed by atoms with Crippen molar-refractivity contribution in [3.63, 3.8) is 0 Å². The second-order valence-electron chi connectivity index (χ2n) is 6.23. The zero-order valence-electron chi connectivity index (χ0n) is 13.2. The molecule has 0 radical (unpaired) electrons. The number of nitrogens with zero attached hydrogens (tertiary/aromatic N) is 4. The third-order valence-electron chi connectivity index (χ3n) is 4.67. The van der Waals surface area contributed by atoms with Gasteiger partial charge < -0.3 is 14.2 Å². The van der Waals surface area contributed by atoms with Crippen LogP contribution in [0.1, 0.15) is 25.0 Å². The molecule has 1 saturated heterocycles. The summed E-state index contributed by atoms with van der Waals surface area (Å²) < 4.78 is 7.42. The summed E-state index contributed by atoms with van der Waals surface area (Å²) in [5, 5.41) is 0. The fourth-order valence-corrected chi connectivity index (χ4v) is 3.77. The molecule has 0 saturated carbocycles. The molecule has 1 fully saturated rings. The van der Waals surface area contributed by atoms with E-state index in [9.17, 15) is 4.79 Å². The van der Waals surface area contributed by atoms with Gasteiger partial charge in [0.15, 0.2) is 0 Å². The van der Waals surface area contributed by atoms with Crippen LogP contribution in [0.2, 0.25) is 0 Å². The Kier molecular flexibility index (Phi) is 3.52. The lowest BCUT2D eigenvalue weighted by Crippen LogP contribution is -2.47. The van der Waals surface area contributed by atoms with E-state index in [-0.39, 0.29) is 5.56 Å². The summed E-state index contributed by atoms with van der Waals surface area (Å²) in [5.41, 5.74) is 1.25. The molecule has 0 spiro atoms. The van der Waals surface area contributed by atoms with E-state index in [0.29, 0.717) is 24.3 Å². The first kappa shape index (κ1) is 14.2. The van der Waals surface area contributed by atoms with Gasteiger partial charge in [-0.1, -0.05) is 6.07 Å². The molecular weight excluding hydrogens is 292 g/mol. The molecule has 4 rings (SSSR count). The van der Waals surface area contributed by atoms with E-state index >= 15 is 0 Å². The van der Waals surface area contributed by atoms with Crippen LogP contribution < -0.4 is 15.2 Å². The Morgan fingerprint density at radius 3 is 3.04 bits per heavy atom. The second kappa shape index (κ2) is 5.68. The SMILES string of the molecule is CCOc1ccnc(N2C[C@@H]3C[C@@H](C2)c2cccc(=O)n2C3)n1. The van der Waals surface area contributed by atoms with Gasteiger partial charge in [-0.2, -0.15) is 4.98 Å². The lowest BCUT2D eigenvalue weighted by atomic mass is 9.83. The summed E-state index contributed by atoms with van der Waals surface area (Å²) in [6.07, 6.45) is 2.88. The van der Waals surface area contributed by atoms with E-state index in [1.54, 1.807) is 18.3 Å². The van der Waals surface area contributed by atoms with E-state index in [4.69, 9.17) is 4.74 Å². The van der Waals surface area contributed by atoms with Gasteiger partial charge >= 0.3 is 0 Å². The highest BCUT2D eigenvalue weighted by Gasteiger charge is 2.35. The maximum absolute atomic E-state index is 12.1. The van der Waals surface area contributed by atoms with Crippen molar-refractivity contribution in [3.05, 3.63) is 46.5 Å². The Bertz CT molecular complexity index is 773. The van der Waals surface area contributed by atoms with Crippen molar-refractivity contribution in [1.29, 1.82) is 0 Å². The van der Waals surface area contributed by atoms with Gasteiger partial charge in [0.05, 0.1) is 6.61 Å². The minimum atomic E-state index is 0.111. The number of aromatic nitrogens is 3. The standard InChI is InChI=1S/C17H20N4O2/c1-2-23-15-6-7-18-17(19-15)20-9-12-8-13(11-20)14-4-3-5-16(22)21(14)10-12/h3-7,12-13H,2,8-11H2,1H3/t12-,13-/m0/s1. The minimum Gasteiger partial charge on any atom is -0.478 e. The molecule has 2 aromatic rings. The highest BCUT2D eigenvalue weighted by molar-refractivity contribution is 5.35. The smallest absolute Gasteiger partial charge is 0.250 e. The van der Waals surface area contributed by atoms with Gasteiger partial charge in [0.2, 0.25) is 11.8 Å². The fraction of sp³-hybridized carbons (Fsp3) is 0.471. The normalized spacial score (nSPS) is 22.6. The quantitative estimate of drug-likeness (QED) is 0.862. The van der Waals surface area contributed by atoms with Gasteiger partial charge in [-0.25, -0.2) is 4.98 Å². The molecule has 2 aliphatic heterocycles. The molecule has 0 aliphatic carbocycles. The monoisotopic (exact) mass is 312 g/mol. The van der Waals surface area contributed by atoms with E-state index in [0.717, 1.165) is 37.7 Å². The van der Waals surface area contributed by atoms with Crippen LogP contribution in [0.15, 0.2) is 35.3 Å². The number of fused-ring (bicyclic) bond motifs is 4. The van der Waals surface area contributed by atoms with Crippen LogP contribution in [0.3, 0.4) is 0 Å². The summed E-state index contributed by atoms with van der Waals surface area (Å²) in [4.78, 5) is 23.2. The zero-order chi connectivity index (χ0) is 15.8. The van der Waals surface area contributed by atoms with E-state index in [2.05, 4.69) is 20.9 Å². The first-order valence-electron chi connectivity index (χ1n) is 8.15.